The van der Waals surface area contributed by atoms with E-state index in [1.165, 1.54) is 33.8 Å². The summed E-state index contributed by atoms with van der Waals surface area (Å²) in [5.41, 5.74) is 9.54. The highest BCUT2D eigenvalue weighted by Gasteiger charge is 2.20. The number of benzene rings is 1. The van der Waals surface area contributed by atoms with Gasteiger partial charge in [-0.3, -0.25) is 0 Å². The molecule has 2 N–H and O–H groups in total. The summed E-state index contributed by atoms with van der Waals surface area (Å²) in [6, 6.07) is 4.43. The van der Waals surface area contributed by atoms with E-state index in [1.807, 2.05) is 11.3 Å². The van der Waals surface area contributed by atoms with Crippen molar-refractivity contribution in [1.29, 1.82) is 0 Å². The molecule has 1 aromatic carbocycles. The molecule has 19 heavy (non-hydrogen) atoms. The number of aryl methyl sites for hydroxylation is 2. The molecule has 1 aliphatic rings. The van der Waals surface area contributed by atoms with Crippen molar-refractivity contribution in [2.24, 2.45) is 11.7 Å². The standard InChI is InChI=1S/C15H21N3S/c1-10-7-11(2)14-13(8-10)17-15(19-14)18-5-3-12(9-16)4-6-18/h7-8,12H,3-6,9,16H2,1-2H3. The maximum Gasteiger partial charge on any atom is 0.186 e. The minimum Gasteiger partial charge on any atom is -0.348 e. The molecule has 102 valence electrons. The Morgan fingerprint density at radius 3 is 2.74 bits per heavy atom. The predicted molar refractivity (Wildman–Crippen MR) is 83.1 cm³/mol. The van der Waals surface area contributed by atoms with Crippen molar-refractivity contribution >= 4 is 26.7 Å². The molecule has 0 spiro atoms. The minimum absolute atomic E-state index is 0.703. The number of anilines is 1. The number of hydrogen-bond acceptors (Lipinski definition) is 4. The minimum atomic E-state index is 0.703. The average molecular weight is 275 g/mol. The first-order valence-corrected chi connectivity index (χ1v) is 7.82. The van der Waals surface area contributed by atoms with E-state index in [0.717, 1.165) is 25.2 Å². The molecule has 0 unspecified atom stereocenters. The third kappa shape index (κ3) is 2.47. The summed E-state index contributed by atoms with van der Waals surface area (Å²) in [6.07, 6.45) is 2.40. The lowest BCUT2D eigenvalue weighted by atomic mass is 9.98. The van der Waals surface area contributed by atoms with Crippen molar-refractivity contribution in [2.45, 2.75) is 26.7 Å². The van der Waals surface area contributed by atoms with Crippen LogP contribution in [0.1, 0.15) is 24.0 Å². The van der Waals surface area contributed by atoms with E-state index in [0.29, 0.717) is 5.92 Å². The van der Waals surface area contributed by atoms with E-state index in [1.54, 1.807) is 0 Å². The summed E-state index contributed by atoms with van der Waals surface area (Å²) in [6.45, 7) is 7.33. The van der Waals surface area contributed by atoms with Gasteiger partial charge < -0.3 is 10.6 Å². The van der Waals surface area contributed by atoms with Crippen LogP contribution in [0.25, 0.3) is 10.2 Å². The second-order valence-corrected chi connectivity index (χ2v) is 6.57. The van der Waals surface area contributed by atoms with Gasteiger partial charge in [0.15, 0.2) is 5.13 Å². The first kappa shape index (κ1) is 12.9. The van der Waals surface area contributed by atoms with Crippen molar-refractivity contribution < 1.29 is 0 Å². The van der Waals surface area contributed by atoms with E-state index in [4.69, 9.17) is 10.7 Å². The fourth-order valence-corrected chi connectivity index (χ4v) is 3.93. The van der Waals surface area contributed by atoms with Gasteiger partial charge in [-0.1, -0.05) is 17.4 Å². The van der Waals surface area contributed by atoms with Gasteiger partial charge in [0.05, 0.1) is 10.2 Å². The number of rotatable bonds is 2. The molecule has 0 saturated carbocycles. The average Bonchev–Trinajstić information content (AvgIpc) is 2.83. The molecule has 0 bridgehead atoms. The normalized spacial score (nSPS) is 17.3. The highest BCUT2D eigenvalue weighted by molar-refractivity contribution is 7.22. The van der Waals surface area contributed by atoms with E-state index < -0.39 is 0 Å². The Labute approximate surface area is 118 Å². The topological polar surface area (TPSA) is 42.1 Å². The summed E-state index contributed by atoms with van der Waals surface area (Å²) >= 11 is 1.83. The zero-order valence-corrected chi connectivity index (χ0v) is 12.5. The van der Waals surface area contributed by atoms with Gasteiger partial charge in [0.2, 0.25) is 0 Å². The molecule has 2 aromatic rings. The number of nitrogens with zero attached hydrogens (tertiary/aromatic N) is 2. The lowest BCUT2D eigenvalue weighted by molar-refractivity contribution is 0.414. The Hall–Kier alpha value is -1.13. The van der Waals surface area contributed by atoms with E-state index in [2.05, 4.69) is 30.9 Å². The Kier molecular flexibility index (Phi) is 3.46. The van der Waals surface area contributed by atoms with Crippen LogP contribution in [0.5, 0.6) is 0 Å². The molecule has 1 saturated heterocycles. The molecule has 3 nitrogen and oxygen atoms in total. The molecule has 0 radical (unpaired) electrons. The van der Waals surface area contributed by atoms with Crippen LogP contribution >= 0.6 is 11.3 Å². The van der Waals surface area contributed by atoms with Crippen LogP contribution < -0.4 is 10.6 Å². The third-order valence-electron chi connectivity index (χ3n) is 4.03. The maximum absolute atomic E-state index is 5.75. The van der Waals surface area contributed by atoms with Crippen molar-refractivity contribution in [3.63, 3.8) is 0 Å². The van der Waals surface area contributed by atoms with Gasteiger partial charge in [-0.2, -0.15) is 0 Å². The molecule has 0 atom stereocenters. The van der Waals surface area contributed by atoms with Gasteiger partial charge >= 0.3 is 0 Å². The Bertz CT molecular complexity index is 582. The number of aromatic nitrogens is 1. The maximum atomic E-state index is 5.75. The lowest BCUT2D eigenvalue weighted by Crippen LogP contribution is -2.35. The van der Waals surface area contributed by atoms with Crippen molar-refractivity contribution in [2.75, 3.05) is 24.5 Å². The second kappa shape index (κ2) is 5.10. The Morgan fingerprint density at radius 1 is 1.32 bits per heavy atom. The zero-order valence-electron chi connectivity index (χ0n) is 11.6. The highest BCUT2D eigenvalue weighted by atomic mass is 32.1. The summed E-state index contributed by atoms with van der Waals surface area (Å²) in [5.74, 6) is 0.703. The number of thiazole rings is 1. The smallest absolute Gasteiger partial charge is 0.186 e. The highest BCUT2D eigenvalue weighted by Crippen LogP contribution is 2.33. The fraction of sp³-hybridized carbons (Fsp3) is 0.533. The van der Waals surface area contributed by atoms with E-state index in [-0.39, 0.29) is 0 Å². The number of piperidine rings is 1. The van der Waals surface area contributed by atoms with E-state index in [9.17, 15) is 0 Å². The van der Waals surface area contributed by atoms with Crippen molar-refractivity contribution in [1.82, 2.24) is 4.98 Å². The Balaban J connectivity index is 1.88. The van der Waals surface area contributed by atoms with Crippen LogP contribution in [0.15, 0.2) is 12.1 Å². The quantitative estimate of drug-likeness (QED) is 0.916. The fourth-order valence-electron chi connectivity index (χ4n) is 2.86. The largest absolute Gasteiger partial charge is 0.348 e. The van der Waals surface area contributed by atoms with Gasteiger partial charge in [-0.05, 0) is 56.3 Å². The predicted octanol–water partition coefficient (Wildman–Crippen LogP) is 3.09. The van der Waals surface area contributed by atoms with Crippen LogP contribution in [-0.2, 0) is 0 Å². The lowest BCUT2D eigenvalue weighted by Gasteiger charge is -2.30. The Morgan fingerprint density at radius 2 is 2.05 bits per heavy atom. The van der Waals surface area contributed by atoms with Gasteiger partial charge in [0, 0.05) is 13.1 Å². The molecular formula is C15H21N3S. The molecule has 0 aliphatic carbocycles. The summed E-state index contributed by atoms with van der Waals surface area (Å²) in [5, 5.41) is 1.18. The van der Waals surface area contributed by atoms with Gasteiger partial charge in [0.25, 0.3) is 0 Å². The number of fused-ring (bicyclic) bond motifs is 1. The molecular weight excluding hydrogens is 254 g/mol. The van der Waals surface area contributed by atoms with Crippen molar-refractivity contribution in [3.05, 3.63) is 23.3 Å². The molecule has 0 amide bonds. The molecule has 3 rings (SSSR count). The summed E-state index contributed by atoms with van der Waals surface area (Å²) in [7, 11) is 0. The first-order valence-electron chi connectivity index (χ1n) is 7.00. The molecule has 1 aliphatic heterocycles. The summed E-state index contributed by atoms with van der Waals surface area (Å²) < 4.78 is 1.33. The monoisotopic (exact) mass is 275 g/mol. The van der Waals surface area contributed by atoms with Crippen LogP contribution in [-0.4, -0.2) is 24.6 Å². The SMILES string of the molecule is Cc1cc(C)c2sc(N3CCC(CN)CC3)nc2c1. The van der Waals surface area contributed by atoms with Crippen LogP contribution in [0.2, 0.25) is 0 Å². The molecule has 2 heterocycles. The number of nitrogens with two attached hydrogens (primary N) is 1. The zero-order chi connectivity index (χ0) is 13.4. The van der Waals surface area contributed by atoms with E-state index >= 15 is 0 Å². The third-order valence-corrected chi connectivity index (χ3v) is 5.29. The second-order valence-electron chi connectivity index (χ2n) is 5.59. The van der Waals surface area contributed by atoms with Crippen LogP contribution in [0, 0.1) is 19.8 Å². The molecule has 1 aromatic heterocycles. The molecule has 4 heteroatoms. The summed E-state index contributed by atoms with van der Waals surface area (Å²) in [4.78, 5) is 7.24. The van der Waals surface area contributed by atoms with Gasteiger partial charge in [-0.25, -0.2) is 4.98 Å². The molecule has 1 fully saturated rings. The van der Waals surface area contributed by atoms with Crippen LogP contribution in [0.3, 0.4) is 0 Å². The van der Waals surface area contributed by atoms with Gasteiger partial charge in [-0.15, -0.1) is 0 Å². The first-order chi connectivity index (χ1) is 9.17. The number of hydrogen-bond donors (Lipinski definition) is 1. The van der Waals surface area contributed by atoms with Crippen molar-refractivity contribution in [3.8, 4) is 0 Å². The van der Waals surface area contributed by atoms with Crippen LogP contribution in [0.4, 0.5) is 5.13 Å². The van der Waals surface area contributed by atoms with Gasteiger partial charge in [0.1, 0.15) is 0 Å².